The fourth-order valence-corrected chi connectivity index (χ4v) is 2.06. The van der Waals surface area contributed by atoms with E-state index in [2.05, 4.69) is 15.4 Å². The van der Waals surface area contributed by atoms with E-state index in [4.69, 9.17) is 4.42 Å². The van der Waals surface area contributed by atoms with Crippen molar-refractivity contribution in [2.45, 2.75) is 26.1 Å². The molecular weight excluding hydrogens is 322 g/mol. The Kier molecular flexibility index (Phi) is 5.40. The van der Waals surface area contributed by atoms with E-state index in [0.29, 0.717) is 17.0 Å². The van der Waals surface area contributed by atoms with Gasteiger partial charge in [0.15, 0.2) is 0 Å². The summed E-state index contributed by atoms with van der Waals surface area (Å²) in [6.45, 7) is -0.00413. The molecule has 0 unspecified atom stereocenters. The van der Waals surface area contributed by atoms with Gasteiger partial charge in [-0.05, 0) is 38.1 Å². The molecule has 130 valence electrons. The number of carbonyl (C=O) groups excluding carboxylic acids is 1. The average molecular weight is 340 g/mol. The summed E-state index contributed by atoms with van der Waals surface area (Å²) in [6.07, 6.45) is 1.42. The number of carbonyl (C=O) groups is 1. The summed E-state index contributed by atoms with van der Waals surface area (Å²) in [6, 6.07) is 7.04. The average Bonchev–Trinajstić information content (AvgIpc) is 3.04. The number of nitrogens with one attached hydrogen (secondary N) is 2. The second-order valence-corrected chi connectivity index (χ2v) is 5.37. The van der Waals surface area contributed by atoms with Gasteiger partial charge in [-0.2, -0.15) is 8.78 Å². The summed E-state index contributed by atoms with van der Waals surface area (Å²) >= 11 is 0. The number of halogens is 2. The van der Waals surface area contributed by atoms with Gasteiger partial charge in [-0.1, -0.05) is 6.07 Å². The molecule has 0 bridgehead atoms. The van der Waals surface area contributed by atoms with Crippen LogP contribution in [0, 0.1) is 6.92 Å². The lowest BCUT2D eigenvalue weighted by Gasteiger charge is -2.21. The molecule has 0 spiro atoms. The van der Waals surface area contributed by atoms with Gasteiger partial charge in [0.25, 0.3) is 0 Å². The third-order valence-electron chi connectivity index (χ3n) is 3.39. The van der Waals surface area contributed by atoms with Crippen LogP contribution >= 0.6 is 0 Å². The number of hydrogen-bond donors (Lipinski definition) is 3. The highest BCUT2D eigenvalue weighted by Crippen LogP contribution is 2.27. The van der Waals surface area contributed by atoms with Crippen LogP contribution in [-0.4, -0.2) is 24.3 Å². The summed E-state index contributed by atoms with van der Waals surface area (Å²) in [4.78, 5) is 12.0. The maximum Gasteiger partial charge on any atom is 0.387 e. The Morgan fingerprint density at radius 2 is 2.12 bits per heavy atom. The standard InChI is InChI=1S/C16H18F2N2O4/c1-10-11(5-3-6-12(10)24-14(17)18)20-15(21)19-9-16(2,22)13-7-4-8-23-13/h3-8,14,22H,9H2,1-2H3,(H2,19,20,21)/t16-/m1/s1. The smallest absolute Gasteiger partial charge is 0.387 e. The minimum Gasteiger partial charge on any atom is -0.466 e. The van der Waals surface area contributed by atoms with E-state index < -0.39 is 18.2 Å². The molecule has 3 N–H and O–H groups in total. The highest BCUT2D eigenvalue weighted by molar-refractivity contribution is 5.90. The van der Waals surface area contributed by atoms with Crippen molar-refractivity contribution >= 4 is 11.7 Å². The summed E-state index contributed by atoms with van der Waals surface area (Å²) in [7, 11) is 0. The van der Waals surface area contributed by atoms with Crippen molar-refractivity contribution in [2.24, 2.45) is 0 Å². The molecule has 0 saturated heterocycles. The number of rotatable bonds is 6. The lowest BCUT2D eigenvalue weighted by molar-refractivity contribution is -0.0502. The van der Waals surface area contributed by atoms with Crippen LogP contribution in [0.3, 0.4) is 0 Å². The number of benzene rings is 1. The van der Waals surface area contributed by atoms with Crippen molar-refractivity contribution in [3.05, 3.63) is 47.9 Å². The Morgan fingerprint density at radius 1 is 1.38 bits per heavy atom. The first-order chi connectivity index (χ1) is 11.3. The molecule has 1 aromatic carbocycles. The van der Waals surface area contributed by atoms with Gasteiger partial charge in [0.05, 0.1) is 12.8 Å². The second-order valence-electron chi connectivity index (χ2n) is 5.37. The Bertz CT molecular complexity index is 687. The topological polar surface area (TPSA) is 83.7 Å². The van der Waals surface area contributed by atoms with E-state index in [1.165, 1.54) is 25.3 Å². The van der Waals surface area contributed by atoms with Crippen molar-refractivity contribution < 1.29 is 27.8 Å². The minimum absolute atomic E-state index is 0.0228. The van der Waals surface area contributed by atoms with Gasteiger partial charge in [-0.25, -0.2) is 4.79 Å². The first-order valence-corrected chi connectivity index (χ1v) is 7.15. The summed E-state index contributed by atoms with van der Waals surface area (Å²) in [5.74, 6) is 0.289. The molecule has 0 aliphatic heterocycles. The van der Waals surface area contributed by atoms with Crippen LogP contribution in [0.15, 0.2) is 41.0 Å². The van der Waals surface area contributed by atoms with Crippen LogP contribution in [0.5, 0.6) is 5.75 Å². The third-order valence-corrected chi connectivity index (χ3v) is 3.39. The van der Waals surface area contributed by atoms with E-state index in [-0.39, 0.29) is 12.3 Å². The van der Waals surface area contributed by atoms with Gasteiger partial charge in [0.2, 0.25) is 0 Å². The molecule has 0 fully saturated rings. The van der Waals surface area contributed by atoms with Crippen LogP contribution in [0.4, 0.5) is 19.3 Å². The SMILES string of the molecule is Cc1c(NC(=O)NC[C@@](C)(O)c2ccco2)cccc1OC(F)F. The molecule has 0 aliphatic rings. The number of urea groups is 1. The lowest BCUT2D eigenvalue weighted by Crippen LogP contribution is -2.40. The van der Waals surface area contributed by atoms with Crippen LogP contribution in [0.25, 0.3) is 0 Å². The molecule has 6 nitrogen and oxygen atoms in total. The molecule has 1 atom stereocenters. The molecule has 2 aromatic rings. The zero-order valence-corrected chi connectivity index (χ0v) is 13.2. The van der Waals surface area contributed by atoms with Gasteiger partial charge in [0.1, 0.15) is 17.1 Å². The van der Waals surface area contributed by atoms with Crippen molar-refractivity contribution in [3.8, 4) is 5.75 Å². The maximum atomic E-state index is 12.3. The Morgan fingerprint density at radius 3 is 2.75 bits per heavy atom. The summed E-state index contributed by atoms with van der Waals surface area (Å²) < 4.78 is 34.1. The van der Waals surface area contributed by atoms with Gasteiger partial charge in [-0.15, -0.1) is 0 Å². The van der Waals surface area contributed by atoms with Gasteiger partial charge >= 0.3 is 12.6 Å². The van der Waals surface area contributed by atoms with Crippen LogP contribution in [-0.2, 0) is 5.60 Å². The van der Waals surface area contributed by atoms with Gasteiger partial charge < -0.3 is 24.9 Å². The number of amides is 2. The number of anilines is 1. The van der Waals surface area contributed by atoms with E-state index in [9.17, 15) is 18.7 Å². The van der Waals surface area contributed by atoms with Crippen LogP contribution in [0.1, 0.15) is 18.2 Å². The molecule has 2 amide bonds. The van der Waals surface area contributed by atoms with E-state index >= 15 is 0 Å². The molecule has 0 saturated carbocycles. The number of hydrogen-bond acceptors (Lipinski definition) is 4. The Hall–Kier alpha value is -2.61. The predicted molar refractivity (Wildman–Crippen MR) is 83.1 cm³/mol. The number of ether oxygens (including phenoxy) is 1. The lowest BCUT2D eigenvalue weighted by atomic mass is 10.0. The summed E-state index contributed by atoms with van der Waals surface area (Å²) in [5.41, 5.74) is -0.690. The second kappa shape index (κ2) is 7.31. The normalized spacial score (nSPS) is 13.4. The van der Waals surface area contributed by atoms with Crippen LogP contribution in [0.2, 0.25) is 0 Å². The first kappa shape index (κ1) is 17.7. The largest absolute Gasteiger partial charge is 0.466 e. The highest BCUT2D eigenvalue weighted by Gasteiger charge is 2.26. The van der Waals surface area contributed by atoms with Crippen molar-refractivity contribution in [3.63, 3.8) is 0 Å². The number of furan rings is 1. The minimum atomic E-state index is -2.95. The zero-order valence-electron chi connectivity index (χ0n) is 13.2. The zero-order chi connectivity index (χ0) is 17.7. The van der Waals surface area contributed by atoms with Crippen molar-refractivity contribution in [2.75, 3.05) is 11.9 Å². The first-order valence-electron chi connectivity index (χ1n) is 7.15. The molecule has 2 rings (SSSR count). The monoisotopic (exact) mass is 340 g/mol. The third kappa shape index (κ3) is 4.45. The van der Waals surface area contributed by atoms with Crippen molar-refractivity contribution in [1.82, 2.24) is 5.32 Å². The number of aliphatic hydroxyl groups is 1. The predicted octanol–water partition coefficient (Wildman–Crippen LogP) is 3.22. The van der Waals surface area contributed by atoms with E-state index in [1.807, 2.05) is 0 Å². The molecule has 1 heterocycles. The molecule has 0 radical (unpaired) electrons. The van der Waals surface area contributed by atoms with E-state index in [1.54, 1.807) is 25.1 Å². The van der Waals surface area contributed by atoms with Crippen LogP contribution < -0.4 is 15.4 Å². The molecule has 1 aromatic heterocycles. The maximum absolute atomic E-state index is 12.3. The van der Waals surface area contributed by atoms with E-state index in [0.717, 1.165) is 0 Å². The molecule has 8 heteroatoms. The van der Waals surface area contributed by atoms with Gasteiger partial charge in [0, 0.05) is 11.3 Å². The fourth-order valence-electron chi connectivity index (χ4n) is 2.06. The van der Waals surface area contributed by atoms with Gasteiger partial charge in [-0.3, -0.25) is 0 Å². The number of alkyl halides is 2. The fraction of sp³-hybridized carbons (Fsp3) is 0.312. The van der Waals surface area contributed by atoms with Crippen molar-refractivity contribution in [1.29, 1.82) is 0 Å². The molecule has 0 aliphatic carbocycles. The summed E-state index contributed by atoms with van der Waals surface area (Å²) in [5, 5.41) is 15.3. The quantitative estimate of drug-likeness (QED) is 0.754. The Labute approximate surface area is 137 Å². The Balaban J connectivity index is 1.98. The highest BCUT2D eigenvalue weighted by atomic mass is 19.3. The molecular formula is C16H18F2N2O4. The molecule has 24 heavy (non-hydrogen) atoms.